The molecule has 2 N–H and O–H groups in total. The maximum Gasteiger partial charge on any atom is 0.270 e. The van der Waals surface area contributed by atoms with E-state index in [-0.39, 0.29) is 23.8 Å². The zero-order valence-electron chi connectivity index (χ0n) is 22.4. The van der Waals surface area contributed by atoms with Gasteiger partial charge in [0.2, 0.25) is 0 Å². The molecule has 1 aliphatic heterocycles. The number of likely N-dealkylation sites (tertiary alicyclic amines) is 1. The Morgan fingerprint density at radius 2 is 1.73 bits per heavy atom. The standard InChI is InChI=1S/C32H27N7O2/c1-20-17-39(32(41)22-9-6-8-21(16-22)28-19-38-15-5-4-14-29(38)34-28)18-27(20)37-31(40)26-13-7-12-25(33-26)30-35-23-10-2-3-11-24(23)36-30/h2-16,19-20,27H,17-18H2,1H3,(H,35,36)(H,37,40). The quantitative estimate of drug-likeness (QED) is 0.325. The molecule has 1 saturated heterocycles. The van der Waals surface area contributed by atoms with Gasteiger partial charge in [0.25, 0.3) is 11.8 Å². The number of aromatic nitrogens is 5. The van der Waals surface area contributed by atoms with Crippen LogP contribution in [0.15, 0.2) is 97.3 Å². The lowest BCUT2D eigenvalue weighted by Gasteiger charge is -2.18. The second kappa shape index (κ2) is 10.0. The monoisotopic (exact) mass is 541 g/mol. The Morgan fingerprint density at radius 1 is 0.878 bits per heavy atom. The topological polar surface area (TPSA) is 108 Å². The molecule has 1 aliphatic rings. The zero-order valence-corrected chi connectivity index (χ0v) is 22.4. The summed E-state index contributed by atoms with van der Waals surface area (Å²) in [6, 6.07) is 26.3. The number of hydrogen-bond acceptors (Lipinski definition) is 5. The number of nitrogens with one attached hydrogen (secondary N) is 2. The van der Waals surface area contributed by atoms with Crippen molar-refractivity contribution in [2.75, 3.05) is 13.1 Å². The Morgan fingerprint density at radius 3 is 2.61 bits per heavy atom. The number of benzene rings is 2. The van der Waals surface area contributed by atoms with Gasteiger partial charge in [0.05, 0.1) is 22.8 Å². The molecule has 0 bridgehead atoms. The highest BCUT2D eigenvalue weighted by Gasteiger charge is 2.34. The maximum absolute atomic E-state index is 13.5. The number of fused-ring (bicyclic) bond motifs is 2. The van der Waals surface area contributed by atoms with Crippen molar-refractivity contribution < 1.29 is 9.59 Å². The van der Waals surface area contributed by atoms with Gasteiger partial charge in [0.1, 0.15) is 17.0 Å². The molecule has 2 amide bonds. The van der Waals surface area contributed by atoms with Crippen LogP contribution in [0.3, 0.4) is 0 Å². The summed E-state index contributed by atoms with van der Waals surface area (Å²) in [4.78, 5) is 45.6. The van der Waals surface area contributed by atoms with Crippen LogP contribution in [0.25, 0.3) is 39.5 Å². The van der Waals surface area contributed by atoms with Gasteiger partial charge < -0.3 is 19.6 Å². The van der Waals surface area contributed by atoms with Crippen LogP contribution in [0.2, 0.25) is 0 Å². The van der Waals surface area contributed by atoms with E-state index >= 15 is 0 Å². The Kier molecular flexibility index (Phi) is 6.04. The third kappa shape index (κ3) is 4.71. The Labute approximate surface area is 235 Å². The maximum atomic E-state index is 13.5. The highest BCUT2D eigenvalue weighted by Crippen LogP contribution is 2.24. The normalized spacial score (nSPS) is 16.9. The van der Waals surface area contributed by atoms with Gasteiger partial charge in [-0.25, -0.2) is 15.0 Å². The highest BCUT2D eigenvalue weighted by molar-refractivity contribution is 5.96. The lowest BCUT2D eigenvalue weighted by atomic mass is 10.1. The molecule has 9 nitrogen and oxygen atoms in total. The number of H-pyrrole nitrogens is 1. The summed E-state index contributed by atoms with van der Waals surface area (Å²) in [7, 11) is 0. The third-order valence-corrected chi connectivity index (χ3v) is 7.60. The summed E-state index contributed by atoms with van der Waals surface area (Å²) in [6.45, 7) is 3.02. The van der Waals surface area contributed by atoms with Crippen LogP contribution in [0.1, 0.15) is 27.8 Å². The second-order valence-electron chi connectivity index (χ2n) is 10.5. The Bertz CT molecular complexity index is 1860. The van der Waals surface area contributed by atoms with E-state index in [2.05, 4.69) is 25.3 Å². The zero-order chi connectivity index (χ0) is 27.9. The second-order valence-corrected chi connectivity index (χ2v) is 10.5. The van der Waals surface area contributed by atoms with Gasteiger partial charge in [-0.15, -0.1) is 0 Å². The van der Waals surface area contributed by atoms with E-state index in [0.29, 0.717) is 35.9 Å². The number of imidazole rings is 2. The van der Waals surface area contributed by atoms with Crippen molar-refractivity contribution >= 4 is 28.5 Å². The molecule has 0 radical (unpaired) electrons. The highest BCUT2D eigenvalue weighted by atomic mass is 16.2. The van der Waals surface area contributed by atoms with Crippen LogP contribution in [0.4, 0.5) is 0 Å². The first-order valence-corrected chi connectivity index (χ1v) is 13.6. The van der Waals surface area contributed by atoms with E-state index in [4.69, 9.17) is 0 Å². The van der Waals surface area contributed by atoms with Crippen molar-refractivity contribution in [2.24, 2.45) is 5.92 Å². The molecule has 2 unspecified atom stereocenters. The first-order chi connectivity index (χ1) is 20.0. The van der Waals surface area contributed by atoms with Crippen molar-refractivity contribution in [1.29, 1.82) is 0 Å². The van der Waals surface area contributed by atoms with Crippen molar-refractivity contribution in [3.8, 4) is 22.8 Å². The first-order valence-electron chi connectivity index (χ1n) is 13.6. The van der Waals surface area contributed by atoms with Crippen LogP contribution >= 0.6 is 0 Å². The van der Waals surface area contributed by atoms with E-state index in [1.54, 1.807) is 17.0 Å². The molecule has 2 aromatic carbocycles. The minimum absolute atomic E-state index is 0.0655. The number of carbonyl (C=O) groups is 2. The number of pyridine rings is 2. The molecule has 5 heterocycles. The van der Waals surface area contributed by atoms with Crippen molar-refractivity contribution in [2.45, 2.75) is 13.0 Å². The van der Waals surface area contributed by atoms with Gasteiger partial charge in [-0.1, -0.05) is 43.3 Å². The van der Waals surface area contributed by atoms with Gasteiger partial charge in [-0.2, -0.15) is 0 Å². The smallest absolute Gasteiger partial charge is 0.270 e. The van der Waals surface area contributed by atoms with Gasteiger partial charge in [-0.3, -0.25) is 9.59 Å². The number of carbonyl (C=O) groups excluding carboxylic acids is 2. The predicted octanol–water partition coefficient (Wildman–Crippen LogP) is 4.83. The molecule has 2 atom stereocenters. The summed E-state index contributed by atoms with van der Waals surface area (Å²) in [5.41, 5.74) is 5.79. The SMILES string of the molecule is CC1CN(C(=O)c2cccc(-c3cn4ccccc4n3)c2)CC1NC(=O)c1cccc(-c2nc3ccccc3[nH]2)n1. The number of amides is 2. The van der Waals surface area contributed by atoms with Gasteiger partial charge in [-0.05, 0) is 54.4 Å². The average Bonchev–Trinajstić information content (AvgIpc) is 3.73. The molecule has 41 heavy (non-hydrogen) atoms. The van der Waals surface area contributed by atoms with Crippen LogP contribution < -0.4 is 5.32 Å². The third-order valence-electron chi connectivity index (χ3n) is 7.60. The first kappa shape index (κ1) is 24.7. The van der Waals surface area contributed by atoms with E-state index in [1.807, 2.05) is 96.5 Å². The van der Waals surface area contributed by atoms with Crippen molar-refractivity contribution in [3.05, 3.63) is 109 Å². The van der Waals surface area contributed by atoms with E-state index < -0.39 is 0 Å². The fourth-order valence-electron chi connectivity index (χ4n) is 5.40. The van der Waals surface area contributed by atoms with Crippen molar-refractivity contribution in [3.63, 3.8) is 0 Å². The summed E-state index contributed by atoms with van der Waals surface area (Å²) < 4.78 is 1.96. The largest absolute Gasteiger partial charge is 0.346 e. The van der Waals surface area contributed by atoms with E-state index in [9.17, 15) is 9.59 Å². The molecule has 7 rings (SSSR count). The summed E-state index contributed by atoms with van der Waals surface area (Å²) in [6.07, 6.45) is 3.91. The predicted molar refractivity (Wildman–Crippen MR) is 156 cm³/mol. The lowest BCUT2D eigenvalue weighted by molar-refractivity contribution is 0.0781. The van der Waals surface area contributed by atoms with Crippen molar-refractivity contribution in [1.82, 2.24) is 34.6 Å². The number of rotatable bonds is 5. The fourth-order valence-corrected chi connectivity index (χ4v) is 5.40. The number of para-hydroxylation sites is 2. The number of hydrogen-bond donors (Lipinski definition) is 2. The van der Waals surface area contributed by atoms with Gasteiger partial charge in [0.15, 0.2) is 5.82 Å². The Balaban J connectivity index is 1.05. The van der Waals surface area contributed by atoms with Crippen LogP contribution in [-0.2, 0) is 0 Å². The van der Waals surface area contributed by atoms with E-state index in [0.717, 1.165) is 27.9 Å². The lowest BCUT2D eigenvalue weighted by Crippen LogP contribution is -2.40. The molecule has 1 fully saturated rings. The van der Waals surface area contributed by atoms with E-state index in [1.165, 1.54) is 0 Å². The fraction of sp³-hybridized carbons (Fsp3) is 0.156. The number of nitrogens with zero attached hydrogens (tertiary/aromatic N) is 5. The van der Waals surface area contributed by atoms with Gasteiger partial charge in [0, 0.05) is 36.6 Å². The Hall–Kier alpha value is -5.31. The molecule has 6 aromatic rings. The molecule has 0 saturated carbocycles. The number of aromatic amines is 1. The summed E-state index contributed by atoms with van der Waals surface area (Å²) in [5.74, 6) is 0.355. The molecular weight excluding hydrogens is 514 g/mol. The molecular formula is C32H27N7O2. The molecule has 202 valence electrons. The van der Waals surface area contributed by atoms with Crippen LogP contribution in [0.5, 0.6) is 0 Å². The minimum atomic E-state index is -0.275. The van der Waals surface area contributed by atoms with Crippen LogP contribution in [-0.4, -0.2) is 60.2 Å². The molecule has 4 aromatic heterocycles. The summed E-state index contributed by atoms with van der Waals surface area (Å²) >= 11 is 0. The van der Waals surface area contributed by atoms with Crippen LogP contribution in [0, 0.1) is 5.92 Å². The minimum Gasteiger partial charge on any atom is -0.346 e. The van der Waals surface area contributed by atoms with Gasteiger partial charge >= 0.3 is 0 Å². The molecule has 9 heteroatoms. The summed E-state index contributed by atoms with van der Waals surface area (Å²) in [5, 5.41) is 3.10. The molecule has 0 aliphatic carbocycles. The molecule has 0 spiro atoms. The average molecular weight is 542 g/mol.